The van der Waals surface area contributed by atoms with E-state index in [9.17, 15) is 0 Å². The van der Waals surface area contributed by atoms with Gasteiger partial charge in [0.1, 0.15) is 0 Å². The van der Waals surface area contributed by atoms with Crippen molar-refractivity contribution in [3.63, 3.8) is 0 Å². The smallest absolute Gasteiger partial charge is 0.0309 e. The highest BCUT2D eigenvalue weighted by Gasteiger charge is 2.39. The highest BCUT2D eigenvalue weighted by molar-refractivity contribution is 4.98. The molecule has 1 heterocycles. The lowest BCUT2D eigenvalue weighted by Gasteiger charge is -2.50. The maximum Gasteiger partial charge on any atom is 0.0309 e. The van der Waals surface area contributed by atoms with E-state index in [1.54, 1.807) is 0 Å². The molecule has 0 amide bonds. The highest BCUT2D eigenvalue weighted by Crippen LogP contribution is 2.36. The van der Waals surface area contributed by atoms with Crippen molar-refractivity contribution in [2.75, 3.05) is 19.6 Å². The zero-order chi connectivity index (χ0) is 11.7. The molecule has 0 bridgehead atoms. The Bertz CT molecular complexity index is 248. The third-order valence-electron chi connectivity index (χ3n) is 5.62. The minimum atomic E-state index is 0.495. The number of hydrogen-bond acceptors (Lipinski definition) is 2. The van der Waals surface area contributed by atoms with Gasteiger partial charge in [-0.1, -0.05) is 25.7 Å². The molecular weight excluding hydrogens is 208 g/mol. The van der Waals surface area contributed by atoms with Crippen LogP contribution in [0, 0.1) is 5.92 Å². The predicted molar refractivity (Wildman–Crippen MR) is 72.2 cm³/mol. The number of rotatable bonds is 2. The van der Waals surface area contributed by atoms with Crippen molar-refractivity contribution in [2.45, 2.75) is 69.9 Å². The van der Waals surface area contributed by atoms with E-state index in [1.807, 2.05) is 0 Å². The zero-order valence-corrected chi connectivity index (χ0v) is 11.4. The average molecular weight is 236 g/mol. The lowest BCUT2D eigenvalue weighted by Crippen LogP contribution is -2.63. The molecule has 0 aromatic heterocycles. The summed E-state index contributed by atoms with van der Waals surface area (Å²) >= 11 is 0. The number of nitrogens with one attached hydrogen (secondary N) is 1. The van der Waals surface area contributed by atoms with Crippen molar-refractivity contribution in [1.29, 1.82) is 0 Å². The summed E-state index contributed by atoms with van der Waals surface area (Å²) in [6.07, 6.45) is 11.6. The van der Waals surface area contributed by atoms with Gasteiger partial charge < -0.3 is 5.32 Å². The molecular formula is C15H28N2. The molecule has 1 N–H and O–H groups in total. The molecule has 1 saturated heterocycles. The molecule has 3 fully saturated rings. The second kappa shape index (κ2) is 4.89. The van der Waals surface area contributed by atoms with Gasteiger partial charge in [-0.25, -0.2) is 0 Å². The van der Waals surface area contributed by atoms with Crippen molar-refractivity contribution >= 4 is 0 Å². The summed E-state index contributed by atoms with van der Waals surface area (Å²) in [6.45, 7) is 6.30. The molecule has 3 aliphatic rings. The van der Waals surface area contributed by atoms with Crippen molar-refractivity contribution in [3.8, 4) is 0 Å². The normalized spacial score (nSPS) is 32.3. The Morgan fingerprint density at radius 3 is 2.53 bits per heavy atom. The molecule has 98 valence electrons. The van der Waals surface area contributed by atoms with Crippen LogP contribution in [0.25, 0.3) is 0 Å². The molecule has 3 rings (SSSR count). The summed E-state index contributed by atoms with van der Waals surface area (Å²) < 4.78 is 0. The number of hydrogen-bond donors (Lipinski definition) is 1. The van der Waals surface area contributed by atoms with Gasteiger partial charge in [0.25, 0.3) is 0 Å². The van der Waals surface area contributed by atoms with E-state index in [0.29, 0.717) is 5.54 Å². The van der Waals surface area contributed by atoms with E-state index >= 15 is 0 Å². The molecule has 2 aliphatic carbocycles. The molecule has 1 spiro atoms. The molecule has 17 heavy (non-hydrogen) atoms. The van der Waals surface area contributed by atoms with Crippen LogP contribution in [-0.4, -0.2) is 36.1 Å². The van der Waals surface area contributed by atoms with E-state index in [1.165, 1.54) is 71.0 Å². The highest BCUT2D eigenvalue weighted by atomic mass is 15.2. The molecule has 2 saturated carbocycles. The van der Waals surface area contributed by atoms with E-state index < -0.39 is 0 Å². The van der Waals surface area contributed by atoms with Crippen LogP contribution in [0.3, 0.4) is 0 Å². The van der Waals surface area contributed by atoms with Crippen LogP contribution in [0.4, 0.5) is 0 Å². The van der Waals surface area contributed by atoms with Gasteiger partial charge in [0.05, 0.1) is 0 Å². The maximum absolute atomic E-state index is 3.85. The maximum atomic E-state index is 3.85. The fourth-order valence-electron chi connectivity index (χ4n) is 4.12. The van der Waals surface area contributed by atoms with Crippen molar-refractivity contribution in [3.05, 3.63) is 0 Å². The first-order valence-corrected chi connectivity index (χ1v) is 7.78. The Hall–Kier alpha value is -0.0800. The summed E-state index contributed by atoms with van der Waals surface area (Å²) in [5.41, 5.74) is 0.495. The summed E-state index contributed by atoms with van der Waals surface area (Å²) in [5, 5.41) is 3.85. The second-order valence-corrected chi connectivity index (χ2v) is 6.67. The van der Waals surface area contributed by atoms with Gasteiger partial charge in [0.2, 0.25) is 0 Å². The summed E-state index contributed by atoms with van der Waals surface area (Å²) in [7, 11) is 0. The van der Waals surface area contributed by atoms with E-state index in [2.05, 4.69) is 17.1 Å². The fourth-order valence-corrected chi connectivity index (χ4v) is 4.12. The molecule has 0 radical (unpaired) electrons. The lowest BCUT2D eigenvalue weighted by molar-refractivity contribution is 0.0347. The molecule has 1 aliphatic heterocycles. The van der Waals surface area contributed by atoms with E-state index in [-0.39, 0.29) is 0 Å². The largest absolute Gasteiger partial charge is 0.309 e. The van der Waals surface area contributed by atoms with Gasteiger partial charge in [-0.15, -0.1) is 0 Å². The van der Waals surface area contributed by atoms with Gasteiger partial charge in [-0.05, 0) is 38.5 Å². The van der Waals surface area contributed by atoms with Crippen LogP contribution in [0.15, 0.2) is 0 Å². The third-order valence-corrected chi connectivity index (χ3v) is 5.62. The summed E-state index contributed by atoms with van der Waals surface area (Å²) in [4.78, 5) is 2.80. The molecule has 1 unspecified atom stereocenters. The molecule has 2 heteroatoms. The Balaban J connectivity index is 1.61. The number of nitrogens with zero attached hydrogens (tertiary/aromatic N) is 1. The van der Waals surface area contributed by atoms with Crippen molar-refractivity contribution in [2.24, 2.45) is 5.92 Å². The van der Waals surface area contributed by atoms with E-state index in [4.69, 9.17) is 0 Å². The minimum absolute atomic E-state index is 0.495. The first kappa shape index (κ1) is 12.0. The summed E-state index contributed by atoms with van der Waals surface area (Å²) in [5.74, 6) is 1.01. The van der Waals surface area contributed by atoms with Crippen molar-refractivity contribution in [1.82, 2.24) is 10.2 Å². The molecule has 2 nitrogen and oxygen atoms in total. The monoisotopic (exact) mass is 236 g/mol. The van der Waals surface area contributed by atoms with Gasteiger partial charge in [-0.2, -0.15) is 0 Å². The van der Waals surface area contributed by atoms with Crippen LogP contribution in [0.1, 0.15) is 58.3 Å². The SMILES string of the molecule is CC(C1CCC1)N1CCNC2(CCCCC2)C1. The summed E-state index contributed by atoms with van der Waals surface area (Å²) in [6, 6.07) is 0.838. The first-order valence-electron chi connectivity index (χ1n) is 7.78. The number of piperazine rings is 1. The van der Waals surface area contributed by atoms with Crippen LogP contribution in [0.5, 0.6) is 0 Å². The zero-order valence-electron chi connectivity index (χ0n) is 11.4. The van der Waals surface area contributed by atoms with Crippen LogP contribution >= 0.6 is 0 Å². The Labute approximate surface area is 106 Å². The molecule has 1 atom stereocenters. The van der Waals surface area contributed by atoms with Crippen LogP contribution in [0.2, 0.25) is 0 Å². The Morgan fingerprint density at radius 2 is 1.88 bits per heavy atom. The molecule has 0 aromatic carbocycles. The van der Waals surface area contributed by atoms with E-state index in [0.717, 1.165) is 12.0 Å². The lowest BCUT2D eigenvalue weighted by atomic mass is 9.77. The minimum Gasteiger partial charge on any atom is -0.309 e. The second-order valence-electron chi connectivity index (χ2n) is 6.67. The van der Waals surface area contributed by atoms with Crippen molar-refractivity contribution < 1.29 is 0 Å². The Kier molecular flexibility index (Phi) is 3.45. The predicted octanol–water partition coefficient (Wildman–Crippen LogP) is 2.78. The Morgan fingerprint density at radius 1 is 1.12 bits per heavy atom. The quantitative estimate of drug-likeness (QED) is 0.793. The van der Waals surface area contributed by atoms with Gasteiger partial charge in [0, 0.05) is 31.2 Å². The standard InChI is InChI=1S/C15H28N2/c1-13(14-6-5-7-14)17-11-10-16-15(12-17)8-3-2-4-9-15/h13-14,16H,2-12H2,1H3. The van der Waals surface area contributed by atoms with Gasteiger partial charge in [-0.3, -0.25) is 4.90 Å². The molecule has 0 aromatic rings. The third kappa shape index (κ3) is 2.39. The average Bonchev–Trinajstić information content (AvgIpc) is 2.28. The fraction of sp³-hybridized carbons (Fsp3) is 1.00. The van der Waals surface area contributed by atoms with Crippen LogP contribution < -0.4 is 5.32 Å². The van der Waals surface area contributed by atoms with Gasteiger partial charge in [0.15, 0.2) is 0 Å². The first-order chi connectivity index (χ1) is 8.29. The topological polar surface area (TPSA) is 15.3 Å². The van der Waals surface area contributed by atoms with Gasteiger partial charge >= 0.3 is 0 Å². The van der Waals surface area contributed by atoms with Crippen LogP contribution in [-0.2, 0) is 0 Å².